The summed E-state index contributed by atoms with van der Waals surface area (Å²) in [5.41, 5.74) is 9.58. The molecule has 0 saturated heterocycles. The molecule has 2 heteroatoms. The van der Waals surface area contributed by atoms with E-state index in [-0.39, 0.29) is 0 Å². The van der Waals surface area contributed by atoms with Crippen LogP contribution in [-0.2, 0) is 5.41 Å². The van der Waals surface area contributed by atoms with Gasteiger partial charge in [-0.3, -0.25) is 4.98 Å². The topological polar surface area (TPSA) is 28.7 Å². The van der Waals surface area contributed by atoms with Crippen molar-refractivity contribution < 1.29 is 0 Å². The van der Waals surface area contributed by atoms with Crippen molar-refractivity contribution in [3.63, 3.8) is 0 Å². The van der Waals surface area contributed by atoms with E-state index in [0.29, 0.717) is 0 Å². The molecule has 1 N–H and O–H groups in total. The van der Waals surface area contributed by atoms with E-state index in [1.165, 1.54) is 55.2 Å². The monoisotopic (exact) mass is 408 g/mol. The van der Waals surface area contributed by atoms with Crippen LogP contribution in [-0.4, -0.2) is 9.97 Å². The second-order valence-corrected chi connectivity index (χ2v) is 8.52. The molecule has 2 nitrogen and oxygen atoms in total. The first-order chi connectivity index (χ1) is 15.9. The van der Waals surface area contributed by atoms with Gasteiger partial charge < -0.3 is 4.98 Å². The van der Waals surface area contributed by atoms with Crippen molar-refractivity contribution in [2.75, 3.05) is 0 Å². The second kappa shape index (κ2) is 6.41. The summed E-state index contributed by atoms with van der Waals surface area (Å²) < 4.78 is 0. The Bertz CT molecular complexity index is 1570. The normalized spacial score (nSPS) is 16.9. The molecule has 32 heavy (non-hydrogen) atoms. The molecule has 0 aliphatic heterocycles. The fraction of sp³-hybridized carbons (Fsp3) is 0.0333. The Morgan fingerprint density at radius 2 is 1.34 bits per heavy atom. The number of benzene rings is 4. The molecule has 0 bridgehead atoms. The van der Waals surface area contributed by atoms with Crippen LogP contribution in [0.25, 0.3) is 32.9 Å². The predicted octanol–water partition coefficient (Wildman–Crippen LogP) is 7.08. The smallest absolute Gasteiger partial charge is 0.0729 e. The number of fused-ring (bicyclic) bond motifs is 6. The summed E-state index contributed by atoms with van der Waals surface area (Å²) in [6, 6.07) is 37.2. The van der Waals surface area contributed by atoms with Crippen LogP contribution < -0.4 is 0 Å². The average molecular weight is 409 g/mol. The maximum Gasteiger partial charge on any atom is 0.0729 e. The zero-order valence-corrected chi connectivity index (χ0v) is 17.4. The van der Waals surface area contributed by atoms with Crippen LogP contribution in [0.2, 0.25) is 0 Å². The number of rotatable bonds is 2. The highest BCUT2D eigenvalue weighted by atomic mass is 14.7. The van der Waals surface area contributed by atoms with Gasteiger partial charge in [0.2, 0.25) is 0 Å². The Balaban J connectivity index is 1.69. The van der Waals surface area contributed by atoms with Crippen molar-refractivity contribution in [3.8, 4) is 11.1 Å². The number of para-hydroxylation sites is 1. The van der Waals surface area contributed by atoms with Gasteiger partial charge in [-0.15, -0.1) is 0 Å². The van der Waals surface area contributed by atoms with Crippen LogP contribution in [0.5, 0.6) is 0 Å². The molecule has 0 saturated carbocycles. The maximum atomic E-state index is 4.53. The second-order valence-electron chi connectivity index (χ2n) is 8.52. The molecule has 4 aromatic carbocycles. The molecule has 2 aromatic heterocycles. The van der Waals surface area contributed by atoms with Gasteiger partial charge in [0.1, 0.15) is 0 Å². The lowest BCUT2D eigenvalue weighted by molar-refractivity contribution is 0.763. The number of aromatic nitrogens is 2. The minimum Gasteiger partial charge on any atom is -0.355 e. The Labute approximate surface area is 186 Å². The lowest BCUT2D eigenvalue weighted by atomic mass is 9.68. The zero-order valence-electron chi connectivity index (χ0n) is 17.4. The molecule has 6 aromatic rings. The van der Waals surface area contributed by atoms with Crippen molar-refractivity contribution in [2.24, 2.45) is 0 Å². The van der Waals surface area contributed by atoms with Crippen LogP contribution in [0, 0.1) is 0 Å². The van der Waals surface area contributed by atoms with E-state index in [9.17, 15) is 0 Å². The summed E-state index contributed by atoms with van der Waals surface area (Å²) in [5, 5.41) is 2.53. The van der Waals surface area contributed by atoms with Gasteiger partial charge >= 0.3 is 0 Å². The third-order valence-corrected chi connectivity index (χ3v) is 6.97. The van der Waals surface area contributed by atoms with Crippen LogP contribution in [0.3, 0.4) is 0 Å². The Morgan fingerprint density at radius 3 is 2.22 bits per heavy atom. The zero-order chi connectivity index (χ0) is 21.1. The minimum atomic E-state index is -0.410. The third kappa shape index (κ3) is 2.16. The number of nitrogens with one attached hydrogen (secondary N) is 1. The molecular formula is C30H20N2. The lowest BCUT2D eigenvalue weighted by Crippen LogP contribution is -2.28. The van der Waals surface area contributed by atoms with E-state index >= 15 is 0 Å². The van der Waals surface area contributed by atoms with E-state index in [0.717, 1.165) is 0 Å². The quantitative estimate of drug-likeness (QED) is 0.325. The summed E-state index contributed by atoms with van der Waals surface area (Å²) >= 11 is 0. The van der Waals surface area contributed by atoms with Crippen LogP contribution in [0.15, 0.2) is 116 Å². The molecule has 150 valence electrons. The third-order valence-electron chi connectivity index (χ3n) is 6.97. The number of hydrogen-bond acceptors (Lipinski definition) is 1. The number of H-pyrrole nitrogens is 1. The van der Waals surface area contributed by atoms with Crippen molar-refractivity contribution >= 4 is 21.8 Å². The SMILES string of the molecule is c1ccc(C2(c3cccnc3)c3ccccc3-c3cc4c(cc32)[nH]c2ccccc24)cc1. The molecule has 0 radical (unpaired) electrons. The van der Waals surface area contributed by atoms with Gasteiger partial charge in [0.25, 0.3) is 0 Å². The first-order valence-corrected chi connectivity index (χ1v) is 11.0. The lowest BCUT2D eigenvalue weighted by Gasteiger charge is -2.33. The number of pyridine rings is 1. The highest BCUT2D eigenvalue weighted by Crippen LogP contribution is 2.56. The molecule has 2 heterocycles. The standard InChI is InChI=1S/C30H20N2/c1-2-9-20(10-3-1)30(21-11-8-16-31-19-21)26-14-6-4-12-22(26)24-17-25-23-13-5-7-15-28(23)32-29(25)18-27(24)30/h1-19,32H. The number of aromatic amines is 1. The Morgan fingerprint density at radius 1 is 0.562 bits per heavy atom. The molecule has 0 spiro atoms. The minimum absolute atomic E-state index is 0.410. The molecule has 1 atom stereocenters. The first-order valence-electron chi connectivity index (χ1n) is 11.0. The first kappa shape index (κ1) is 17.5. The van der Waals surface area contributed by atoms with E-state index in [4.69, 9.17) is 0 Å². The predicted molar refractivity (Wildman–Crippen MR) is 131 cm³/mol. The van der Waals surface area contributed by atoms with Gasteiger partial charge in [-0.2, -0.15) is 0 Å². The highest BCUT2D eigenvalue weighted by molar-refractivity contribution is 6.10. The Kier molecular flexibility index (Phi) is 3.51. The van der Waals surface area contributed by atoms with E-state index in [2.05, 4.69) is 107 Å². The molecule has 0 fully saturated rings. The average Bonchev–Trinajstić information content (AvgIpc) is 3.37. The van der Waals surface area contributed by atoms with Crippen LogP contribution >= 0.6 is 0 Å². The Hall–Kier alpha value is -4.17. The van der Waals surface area contributed by atoms with Gasteiger partial charge in [0.15, 0.2) is 0 Å². The molecule has 0 amide bonds. The summed E-state index contributed by atoms with van der Waals surface area (Å²) in [6.45, 7) is 0. The van der Waals surface area contributed by atoms with E-state index < -0.39 is 5.41 Å². The van der Waals surface area contributed by atoms with Crippen molar-refractivity contribution in [2.45, 2.75) is 5.41 Å². The highest BCUT2D eigenvalue weighted by Gasteiger charge is 2.46. The van der Waals surface area contributed by atoms with Gasteiger partial charge in [0, 0.05) is 34.2 Å². The van der Waals surface area contributed by atoms with Crippen molar-refractivity contribution in [1.82, 2.24) is 9.97 Å². The van der Waals surface area contributed by atoms with Gasteiger partial charge in [-0.05, 0) is 57.6 Å². The summed E-state index contributed by atoms with van der Waals surface area (Å²) in [6.07, 6.45) is 3.87. The summed E-state index contributed by atoms with van der Waals surface area (Å²) in [5.74, 6) is 0. The molecule has 1 aliphatic rings. The van der Waals surface area contributed by atoms with Crippen molar-refractivity contribution in [1.29, 1.82) is 0 Å². The van der Waals surface area contributed by atoms with Crippen molar-refractivity contribution in [3.05, 3.63) is 138 Å². The van der Waals surface area contributed by atoms with Gasteiger partial charge in [0.05, 0.1) is 5.41 Å². The van der Waals surface area contributed by atoms with Crippen LogP contribution in [0.4, 0.5) is 0 Å². The van der Waals surface area contributed by atoms with Gasteiger partial charge in [-0.25, -0.2) is 0 Å². The molecule has 1 unspecified atom stereocenters. The van der Waals surface area contributed by atoms with E-state index in [1.807, 2.05) is 18.5 Å². The molecule has 7 rings (SSSR count). The number of hydrogen-bond donors (Lipinski definition) is 1. The van der Waals surface area contributed by atoms with E-state index in [1.54, 1.807) is 0 Å². The fourth-order valence-corrected chi connectivity index (χ4v) is 5.68. The fourth-order valence-electron chi connectivity index (χ4n) is 5.68. The summed E-state index contributed by atoms with van der Waals surface area (Å²) in [7, 11) is 0. The number of nitrogens with zero attached hydrogens (tertiary/aromatic N) is 1. The molecular weight excluding hydrogens is 388 g/mol. The largest absolute Gasteiger partial charge is 0.355 e. The van der Waals surface area contributed by atoms with Crippen LogP contribution in [0.1, 0.15) is 22.3 Å². The maximum absolute atomic E-state index is 4.53. The molecule has 1 aliphatic carbocycles. The summed E-state index contributed by atoms with van der Waals surface area (Å²) in [4.78, 5) is 8.19. The van der Waals surface area contributed by atoms with Gasteiger partial charge in [-0.1, -0.05) is 78.9 Å².